The third kappa shape index (κ3) is 14.8. The number of likely N-dealkylation sites (tertiary alicyclic amines) is 2. The molecule has 2 unspecified atom stereocenters. The van der Waals surface area contributed by atoms with Gasteiger partial charge in [-0.15, -0.1) is 0 Å². The fraction of sp³-hybridized carbons (Fsp3) is 0.931. The molecular formula is C29H54N2O8. The Morgan fingerprint density at radius 1 is 0.718 bits per heavy atom. The number of hydrogen-bond donors (Lipinski definition) is 2. The van der Waals surface area contributed by atoms with E-state index in [-0.39, 0.29) is 25.0 Å². The molecule has 2 fully saturated rings. The molecule has 0 radical (unpaired) electrons. The zero-order chi connectivity index (χ0) is 28.7. The number of aliphatic hydroxyl groups is 2. The predicted molar refractivity (Wildman–Crippen MR) is 148 cm³/mol. The first-order chi connectivity index (χ1) is 18.5. The highest BCUT2D eigenvalue weighted by Gasteiger charge is 2.26. The zero-order valence-corrected chi connectivity index (χ0v) is 24.8. The summed E-state index contributed by atoms with van der Waals surface area (Å²) in [5.41, 5.74) is -0.792. The van der Waals surface area contributed by atoms with Gasteiger partial charge in [0, 0.05) is 65.4 Å². The van der Waals surface area contributed by atoms with E-state index in [2.05, 4.69) is 0 Å². The molecule has 2 amide bonds. The topological polar surface area (TPSA) is 118 Å². The molecule has 2 aliphatic rings. The quantitative estimate of drug-likeness (QED) is 0.195. The Morgan fingerprint density at radius 2 is 1.13 bits per heavy atom. The average Bonchev–Trinajstić information content (AvgIpc) is 3.50. The molecule has 39 heavy (non-hydrogen) atoms. The van der Waals surface area contributed by atoms with Crippen molar-refractivity contribution in [2.24, 2.45) is 0 Å². The first kappa shape index (κ1) is 33.9. The van der Waals surface area contributed by atoms with Crippen molar-refractivity contribution in [3.05, 3.63) is 0 Å². The molecule has 10 heteroatoms. The smallest absolute Gasteiger partial charge is 0.222 e. The summed E-state index contributed by atoms with van der Waals surface area (Å²) in [7, 11) is 0. The third-order valence-corrected chi connectivity index (χ3v) is 7.41. The molecule has 2 atom stereocenters. The van der Waals surface area contributed by atoms with Crippen molar-refractivity contribution < 1.29 is 38.7 Å². The summed E-state index contributed by atoms with van der Waals surface area (Å²) in [6, 6.07) is 0. The fourth-order valence-electron chi connectivity index (χ4n) is 4.55. The first-order valence-electron chi connectivity index (χ1n) is 14.8. The van der Waals surface area contributed by atoms with E-state index in [9.17, 15) is 19.8 Å². The highest BCUT2D eigenvalue weighted by Crippen LogP contribution is 2.20. The zero-order valence-electron chi connectivity index (χ0n) is 24.8. The second-order valence-corrected chi connectivity index (χ2v) is 12.1. The number of nitrogens with zero attached hydrogens (tertiary/aromatic N) is 2. The van der Waals surface area contributed by atoms with Gasteiger partial charge in [0.25, 0.3) is 0 Å². The van der Waals surface area contributed by atoms with Gasteiger partial charge in [-0.3, -0.25) is 9.59 Å². The Labute approximate surface area is 235 Å². The maximum atomic E-state index is 11.7. The molecule has 2 N–H and O–H groups in total. The average molecular weight is 559 g/mol. The van der Waals surface area contributed by atoms with Gasteiger partial charge < -0.3 is 39.0 Å². The number of carbonyl (C=O) groups is 2. The van der Waals surface area contributed by atoms with E-state index in [0.29, 0.717) is 65.2 Å². The lowest BCUT2D eigenvalue weighted by atomic mass is 10.0. The summed E-state index contributed by atoms with van der Waals surface area (Å²) in [5, 5.41) is 20.4. The summed E-state index contributed by atoms with van der Waals surface area (Å²) < 4.78 is 23.0. The van der Waals surface area contributed by atoms with Crippen LogP contribution in [-0.2, 0) is 28.5 Å². The van der Waals surface area contributed by atoms with Crippen LogP contribution >= 0.6 is 0 Å². The van der Waals surface area contributed by atoms with Gasteiger partial charge in [0.2, 0.25) is 11.8 Å². The minimum Gasteiger partial charge on any atom is -0.391 e. The molecular weight excluding hydrogens is 504 g/mol. The van der Waals surface area contributed by atoms with Crippen LogP contribution in [0.15, 0.2) is 0 Å². The lowest BCUT2D eigenvalue weighted by Gasteiger charge is -2.29. The third-order valence-electron chi connectivity index (χ3n) is 7.41. The predicted octanol–water partition coefficient (Wildman–Crippen LogP) is 2.53. The molecule has 10 nitrogen and oxygen atoms in total. The van der Waals surface area contributed by atoms with Crippen LogP contribution in [0.1, 0.15) is 85.5 Å². The molecule has 0 aliphatic carbocycles. The molecule has 0 aromatic carbocycles. The summed E-state index contributed by atoms with van der Waals surface area (Å²) in [6.45, 7) is 13.5. The molecule has 2 saturated heterocycles. The lowest BCUT2D eigenvalue weighted by molar-refractivity contribution is -0.129. The van der Waals surface area contributed by atoms with E-state index in [0.717, 1.165) is 45.2 Å². The van der Waals surface area contributed by atoms with Crippen LogP contribution in [0.25, 0.3) is 0 Å². The number of amides is 2. The molecule has 0 spiro atoms. The van der Waals surface area contributed by atoms with Gasteiger partial charge >= 0.3 is 0 Å². The number of hydrogen-bond acceptors (Lipinski definition) is 8. The number of carbonyl (C=O) groups excluding carboxylic acids is 2. The molecule has 2 aliphatic heterocycles. The number of aliphatic hydroxyl groups excluding tert-OH is 2. The SMILES string of the molecule is CC(C)(CCN1CCCC1=O)OCC(O)CCOCCCOCCC(O)COC(C)(C)CCN1CCCC1=O. The molecule has 228 valence electrons. The lowest BCUT2D eigenvalue weighted by Crippen LogP contribution is -2.35. The maximum absolute atomic E-state index is 11.7. The van der Waals surface area contributed by atoms with Crippen LogP contribution in [-0.4, -0.2) is 121 Å². The Morgan fingerprint density at radius 3 is 1.49 bits per heavy atom. The van der Waals surface area contributed by atoms with Crippen LogP contribution in [0.2, 0.25) is 0 Å². The van der Waals surface area contributed by atoms with E-state index in [1.807, 2.05) is 37.5 Å². The van der Waals surface area contributed by atoms with Crippen LogP contribution < -0.4 is 0 Å². The molecule has 2 heterocycles. The molecule has 0 bridgehead atoms. The Hall–Kier alpha value is -1.30. The van der Waals surface area contributed by atoms with E-state index in [4.69, 9.17) is 18.9 Å². The highest BCUT2D eigenvalue weighted by molar-refractivity contribution is 5.78. The molecule has 0 aromatic rings. The highest BCUT2D eigenvalue weighted by atomic mass is 16.5. The van der Waals surface area contributed by atoms with E-state index in [1.165, 1.54) is 0 Å². The van der Waals surface area contributed by atoms with Crippen molar-refractivity contribution in [2.45, 2.75) is 109 Å². The number of rotatable bonds is 22. The van der Waals surface area contributed by atoms with Crippen molar-refractivity contribution >= 4 is 11.8 Å². The summed E-state index contributed by atoms with van der Waals surface area (Å²) in [6.07, 6.45) is 5.21. The largest absolute Gasteiger partial charge is 0.391 e. The number of ether oxygens (including phenoxy) is 4. The standard InChI is InChI=1S/C29H54N2O8/c1-28(2,12-16-30-14-5-8-26(30)34)38-22-24(32)10-20-36-18-7-19-37-21-11-25(33)23-39-29(3,4)13-17-31-15-6-9-27(31)35/h24-25,32-33H,5-23H2,1-4H3. The van der Waals surface area contributed by atoms with Crippen LogP contribution in [0.3, 0.4) is 0 Å². The molecule has 2 rings (SSSR count). The Balaban J connectivity index is 1.39. The second kappa shape index (κ2) is 17.5. The van der Waals surface area contributed by atoms with Crippen molar-refractivity contribution in [3.8, 4) is 0 Å². The van der Waals surface area contributed by atoms with Crippen molar-refractivity contribution in [3.63, 3.8) is 0 Å². The van der Waals surface area contributed by atoms with Gasteiger partial charge in [-0.2, -0.15) is 0 Å². The second-order valence-electron chi connectivity index (χ2n) is 12.1. The first-order valence-corrected chi connectivity index (χ1v) is 14.8. The van der Waals surface area contributed by atoms with Crippen molar-refractivity contribution in [1.29, 1.82) is 0 Å². The van der Waals surface area contributed by atoms with Crippen LogP contribution in [0, 0.1) is 0 Å². The fourth-order valence-corrected chi connectivity index (χ4v) is 4.55. The van der Waals surface area contributed by atoms with E-state index in [1.54, 1.807) is 0 Å². The van der Waals surface area contributed by atoms with Gasteiger partial charge in [-0.05, 0) is 72.6 Å². The summed E-state index contributed by atoms with van der Waals surface area (Å²) in [4.78, 5) is 27.3. The van der Waals surface area contributed by atoms with Crippen LogP contribution in [0.4, 0.5) is 0 Å². The maximum Gasteiger partial charge on any atom is 0.222 e. The van der Waals surface area contributed by atoms with Crippen LogP contribution in [0.5, 0.6) is 0 Å². The van der Waals surface area contributed by atoms with Crippen molar-refractivity contribution in [1.82, 2.24) is 9.80 Å². The summed E-state index contributed by atoms with van der Waals surface area (Å²) >= 11 is 0. The minimum absolute atomic E-state index is 0.222. The van der Waals surface area contributed by atoms with Gasteiger partial charge in [0.15, 0.2) is 0 Å². The van der Waals surface area contributed by atoms with Gasteiger partial charge in [0.05, 0.1) is 36.6 Å². The van der Waals surface area contributed by atoms with Gasteiger partial charge in [0.1, 0.15) is 0 Å². The Bertz CT molecular complexity index is 659. The molecule has 0 saturated carbocycles. The minimum atomic E-state index is -0.592. The van der Waals surface area contributed by atoms with Gasteiger partial charge in [-0.1, -0.05) is 0 Å². The monoisotopic (exact) mass is 558 g/mol. The normalized spacial score (nSPS) is 18.4. The van der Waals surface area contributed by atoms with Gasteiger partial charge in [-0.25, -0.2) is 0 Å². The summed E-state index contributed by atoms with van der Waals surface area (Å²) in [5.74, 6) is 0.444. The van der Waals surface area contributed by atoms with E-state index >= 15 is 0 Å². The Kier molecular flexibility index (Phi) is 15.2. The van der Waals surface area contributed by atoms with Crippen molar-refractivity contribution in [2.75, 3.05) is 65.8 Å². The van der Waals surface area contributed by atoms with E-state index < -0.39 is 23.4 Å². The molecule has 0 aromatic heterocycles.